The van der Waals surface area contributed by atoms with Crippen LogP contribution in [-0.2, 0) is 11.8 Å². The maximum atomic E-state index is 12.4. The summed E-state index contributed by atoms with van der Waals surface area (Å²) in [6.45, 7) is 3.84. The van der Waals surface area contributed by atoms with Gasteiger partial charge in [0.15, 0.2) is 5.78 Å². The Hall–Kier alpha value is -3.65. The van der Waals surface area contributed by atoms with Crippen LogP contribution in [0.25, 0.3) is 11.3 Å². The van der Waals surface area contributed by atoms with Gasteiger partial charge in [-0.25, -0.2) is 4.79 Å². The maximum Gasteiger partial charge on any atom is 0.411 e. The predicted molar refractivity (Wildman–Crippen MR) is 137 cm³/mol. The van der Waals surface area contributed by atoms with Crippen LogP contribution in [0, 0.1) is 5.92 Å². The zero-order chi connectivity index (χ0) is 25.2. The number of ketones is 1. The molecule has 0 radical (unpaired) electrons. The molecule has 188 valence electrons. The number of aromatic nitrogens is 2. The predicted octanol–water partition coefficient (Wildman–Crippen LogP) is 4.72. The highest BCUT2D eigenvalue weighted by Gasteiger charge is 2.42. The summed E-state index contributed by atoms with van der Waals surface area (Å²) in [5.74, 6) is 1.77. The highest BCUT2D eigenvalue weighted by atomic mass is 16.5. The highest BCUT2D eigenvalue weighted by molar-refractivity contribution is 5.94. The number of amides is 1. The number of piperidine rings is 3. The lowest BCUT2D eigenvalue weighted by Crippen LogP contribution is -2.54. The summed E-state index contributed by atoms with van der Waals surface area (Å²) in [6, 6.07) is 17.2. The van der Waals surface area contributed by atoms with Crippen molar-refractivity contribution in [1.82, 2.24) is 14.7 Å². The van der Waals surface area contributed by atoms with Crippen molar-refractivity contribution in [3.63, 3.8) is 0 Å². The lowest BCUT2D eigenvalue weighted by atomic mass is 9.74. The molecule has 6 rings (SSSR count). The number of aryl methyl sites for hydroxylation is 1. The van der Waals surface area contributed by atoms with Crippen LogP contribution in [0.15, 0.2) is 54.6 Å². The van der Waals surface area contributed by atoms with Gasteiger partial charge in [-0.1, -0.05) is 0 Å². The number of nitrogens with one attached hydrogen (secondary N) is 1. The van der Waals surface area contributed by atoms with Crippen LogP contribution >= 0.6 is 0 Å². The van der Waals surface area contributed by atoms with Gasteiger partial charge in [0.1, 0.15) is 12.4 Å². The second-order valence-electron chi connectivity index (χ2n) is 9.70. The number of methoxy groups -OCH3 is 1. The molecule has 1 unspecified atom stereocenters. The van der Waals surface area contributed by atoms with Crippen molar-refractivity contribution in [2.45, 2.75) is 31.7 Å². The van der Waals surface area contributed by atoms with E-state index in [1.165, 1.54) is 12.6 Å². The van der Waals surface area contributed by atoms with Gasteiger partial charge in [-0.2, -0.15) is 5.10 Å². The minimum atomic E-state index is -0.472. The molecule has 1 aromatic heterocycles. The third-order valence-corrected chi connectivity index (χ3v) is 7.50. The van der Waals surface area contributed by atoms with Crippen LogP contribution in [0.2, 0.25) is 0 Å². The zero-order valence-electron chi connectivity index (χ0n) is 20.9. The van der Waals surface area contributed by atoms with E-state index >= 15 is 0 Å². The summed E-state index contributed by atoms with van der Waals surface area (Å²) < 4.78 is 12.9. The first-order chi connectivity index (χ1) is 17.4. The highest BCUT2D eigenvalue weighted by Crippen LogP contribution is 2.42. The molecule has 3 aliphatic rings. The minimum Gasteiger partial charge on any atom is -0.497 e. The summed E-state index contributed by atoms with van der Waals surface area (Å²) >= 11 is 0. The van der Waals surface area contributed by atoms with Crippen LogP contribution in [0.5, 0.6) is 5.75 Å². The molecule has 4 heterocycles. The number of carbonyl (C=O) groups is 2. The van der Waals surface area contributed by atoms with Gasteiger partial charge in [0.05, 0.1) is 12.8 Å². The first-order valence-corrected chi connectivity index (χ1v) is 12.4. The van der Waals surface area contributed by atoms with Gasteiger partial charge in [-0.15, -0.1) is 0 Å². The fraction of sp³-hybridized carbons (Fsp3) is 0.393. The Morgan fingerprint density at radius 3 is 2.50 bits per heavy atom. The molecule has 2 bridgehead atoms. The normalized spacial score (nSPS) is 22.8. The number of carbonyl (C=O) groups excluding carboxylic acids is 2. The van der Waals surface area contributed by atoms with Crippen molar-refractivity contribution in [2.75, 3.05) is 32.1 Å². The largest absolute Gasteiger partial charge is 0.497 e. The van der Waals surface area contributed by atoms with Gasteiger partial charge in [0.25, 0.3) is 0 Å². The van der Waals surface area contributed by atoms with E-state index in [1.807, 2.05) is 36.0 Å². The van der Waals surface area contributed by atoms with Crippen molar-refractivity contribution in [3.05, 3.63) is 65.9 Å². The van der Waals surface area contributed by atoms with Gasteiger partial charge in [0, 0.05) is 48.1 Å². The summed E-state index contributed by atoms with van der Waals surface area (Å²) in [7, 11) is 3.69. The van der Waals surface area contributed by atoms with Crippen LogP contribution in [0.1, 0.15) is 41.7 Å². The van der Waals surface area contributed by atoms with E-state index in [0.29, 0.717) is 29.7 Å². The average Bonchev–Trinajstić information content (AvgIpc) is 3.29. The van der Waals surface area contributed by atoms with Gasteiger partial charge in [-0.05, 0) is 86.8 Å². The first kappa shape index (κ1) is 24.1. The SMILES string of the molecule is COc1ccc(-c2cc([C@H]3CN4CC[C@H]3C[C@@H]4COC(=O)Nc3ccc(C(C)=O)cc3)n(C)n2)cc1. The molecule has 0 saturated carbocycles. The maximum absolute atomic E-state index is 12.4. The van der Waals surface area contributed by atoms with Crippen molar-refractivity contribution in [2.24, 2.45) is 13.0 Å². The molecular formula is C28H32N4O4. The number of nitrogens with zero attached hydrogens (tertiary/aromatic N) is 3. The molecule has 1 N–H and O–H groups in total. The molecule has 4 atom stereocenters. The molecule has 8 nitrogen and oxygen atoms in total. The summed E-state index contributed by atoms with van der Waals surface area (Å²) in [5, 5.41) is 7.54. The Morgan fingerprint density at radius 2 is 1.86 bits per heavy atom. The zero-order valence-corrected chi connectivity index (χ0v) is 20.9. The smallest absolute Gasteiger partial charge is 0.411 e. The summed E-state index contributed by atoms with van der Waals surface area (Å²) in [6.07, 6.45) is 1.66. The van der Waals surface area contributed by atoms with Gasteiger partial charge in [0.2, 0.25) is 0 Å². The number of hydrogen-bond acceptors (Lipinski definition) is 6. The number of Topliss-reactive ketones (excluding diaryl/α,β-unsaturated/α-hetero) is 1. The van der Waals surface area contributed by atoms with E-state index in [2.05, 4.69) is 16.3 Å². The van der Waals surface area contributed by atoms with Crippen molar-refractivity contribution in [1.29, 1.82) is 0 Å². The Labute approximate surface area is 211 Å². The lowest BCUT2D eigenvalue weighted by Gasteiger charge is -2.49. The van der Waals surface area contributed by atoms with E-state index in [0.717, 1.165) is 42.9 Å². The fourth-order valence-electron chi connectivity index (χ4n) is 5.49. The van der Waals surface area contributed by atoms with Crippen molar-refractivity contribution in [3.8, 4) is 17.0 Å². The van der Waals surface area contributed by atoms with E-state index in [1.54, 1.807) is 31.4 Å². The van der Waals surface area contributed by atoms with E-state index in [-0.39, 0.29) is 11.8 Å². The number of hydrogen-bond donors (Lipinski definition) is 1. The second kappa shape index (κ2) is 10.1. The number of ether oxygens (including phenoxy) is 2. The lowest BCUT2D eigenvalue weighted by molar-refractivity contribution is -0.00222. The molecule has 8 heteroatoms. The quantitative estimate of drug-likeness (QED) is 0.484. The van der Waals surface area contributed by atoms with E-state index < -0.39 is 6.09 Å². The Balaban J connectivity index is 1.18. The molecular weight excluding hydrogens is 456 g/mol. The Kier molecular flexibility index (Phi) is 6.78. The monoisotopic (exact) mass is 488 g/mol. The van der Waals surface area contributed by atoms with Crippen LogP contribution in [-0.4, -0.2) is 59.4 Å². The number of rotatable bonds is 7. The first-order valence-electron chi connectivity index (χ1n) is 12.4. The molecule has 0 aliphatic carbocycles. The Morgan fingerprint density at radius 1 is 1.11 bits per heavy atom. The van der Waals surface area contributed by atoms with E-state index in [4.69, 9.17) is 14.6 Å². The second-order valence-corrected chi connectivity index (χ2v) is 9.70. The molecule has 3 aromatic rings. The molecule has 2 aromatic carbocycles. The number of benzene rings is 2. The Bertz CT molecular complexity index is 1240. The molecule has 3 aliphatic heterocycles. The summed E-state index contributed by atoms with van der Waals surface area (Å²) in [5.41, 5.74) is 4.52. The van der Waals surface area contributed by atoms with Gasteiger partial charge in [-0.3, -0.25) is 19.7 Å². The molecule has 0 spiro atoms. The standard InChI is InChI=1S/C28H32N4O4/c1-18(33)19-4-8-22(9-5-19)29-28(34)36-17-23-14-21-12-13-32(23)16-25(21)27-15-26(30-31(27)2)20-6-10-24(35-3)11-7-20/h4-11,15,21,23,25H,12-14,16-17H2,1-3H3,(H,29,34)/t21-,23+,25-/m0/s1. The van der Waals surface area contributed by atoms with Gasteiger partial charge < -0.3 is 9.47 Å². The van der Waals surface area contributed by atoms with Crippen molar-refractivity contribution >= 4 is 17.6 Å². The van der Waals surface area contributed by atoms with Gasteiger partial charge >= 0.3 is 6.09 Å². The van der Waals surface area contributed by atoms with E-state index in [9.17, 15) is 9.59 Å². The number of fused-ring (bicyclic) bond motifs is 3. The average molecular weight is 489 g/mol. The molecule has 3 saturated heterocycles. The molecule has 1 amide bonds. The third kappa shape index (κ3) is 4.99. The number of anilines is 1. The molecule has 36 heavy (non-hydrogen) atoms. The van der Waals surface area contributed by atoms with Crippen LogP contribution in [0.3, 0.4) is 0 Å². The third-order valence-electron chi connectivity index (χ3n) is 7.50. The van der Waals surface area contributed by atoms with Crippen LogP contribution in [0.4, 0.5) is 10.5 Å². The molecule has 3 fully saturated rings. The fourth-order valence-corrected chi connectivity index (χ4v) is 5.49. The topological polar surface area (TPSA) is 85.7 Å². The minimum absolute atomic E-state index is 0.00749. The van der Waals surface area contributed by atoms with Crippen molar-refractivity contribution < 1.29 is 19.1 Å². The van der Waals surface area contributed by atoms with Crippen LogP contribution < -0.4 is 10.1 Å². The summed E-state index contributed by atoms with van der Waals surface area (Å²) in [4.78, 5) is 26.2.